The van der Waals surface area contributed by atoms with Crippen molar-refractivity contribution in [2.24, 2.45) is 5.92 Å². The molecule has 0 fully saturated rings. The fourth-order valence-corrected chi connectivity index (χ4v) is 1.55. The number of allylic oxidation sites excluding steroid dienone is 2. The second-order valence-electron chi connectivity index (χ2n) is 3.84. The van der Waals surface area contributed by atoms with E-state index in [2.05, 4.69) is 17.5 Å². The summed E-state index contributed by atoms with van der Waals surface area (Å²) in [4.78, 5) is 11.4. The first-order valence-electron chi connectivity index (χ1n) is 5.33. The molecule has 0 saturated heterocycles. The van der Waals surface area contributed by atoms with Crippen molar-refractivity contribution in [1.82, 2.24) is 5.32 Å². The molecule has 0 aromatic rings. The van der Waals surface area contributed by atoms with E-state index in [0.29, 0.717) is 25.3 Å². The Hall–Kier alpha value is -0.830. The maximum Gasteiger partial charge on any atom is 0.220 e. The van der Waals surface area contributed by atoms with Gasteiger partial charge in [0.15, 0.2) is 0 Å². The maximum atomic E-state index is 11.4. The van der Waals surface area contributed by atoms with Gasteiger partial charge in [-0.05, 0) is 25.2 Å². The minimum atomic E-state index is -0.405. The second-order valence-corrected chi connectivity index (χ2v) is 3.84. The van der Waals surface area contributed by atoms with Gasteiger partial charge in [-0.3, -0.25) is 4.79 Å². The zero-order chi connectivity index (χ0) is 10.4. The van der Waals surface area contributed by atoms with Crippen LogP contribution < -0.4 is 5.32 Å². The summed E-state index contributed by atoms with van der Waals surface area (Å²) in [5.41, 5.74) is 0. The molecule has 2 N–H and O–H groups in total. The van der Waals surface area contributed by atoms with E-state index < -0.39 is 6.10 Å². The quantitative estimate of drug-likeness (QED) is 0.651. The molecule has 1 aliphatic rings. The monoisotopic (exact) mass is 197 g/mol. The highest BCUT2D eigenvalue weighted by Gasteiger charge is 2.14. The van der Waals surface area contributed by atoms with Gasteiger partial charge in [0.1, 0.15) is 0 Å². The number of hydrogen-bond donors (Lipinski definition) is 2. The van der Waals surface area contributed by atoms with Crippen LogP contribution in [0.4, 0.5) is 0 Å². The van der Waals surface area contributed by atoms with Gasteiger partial charge in [-0.1, -0.05) is 19.1 Å². The molecule has 0 radical (unpaired) electrons. The number of aliphatic hydroxyl groups is 1. The standard InChI is InChI=1S/C11H19NO2/c1-2-10(13)8-12-11(14)7-9-5-3-4-6-9/h3,5,9-10,13H,2,4,6-8H2,1H3,(H,12,14). The van der Waals surface area contributed by atoms with Gasteiger partial charge in [-0.25, -0.2) is 0 Å². The van der Waals surface area contributed by atoms with E-state index in [1.165, 1.54) is 0 Å². The van der Waals surface area contributed by atoms with E-state index in [9.17, 15) is 9.90 Å². The summed E-state index contributed by atoms with van der Waals surface area (Å²) in [6.45, 7) is 2.28. The molecular weight excluding hydrogens is 178 g/mol. The van der Waals surface area contributed by atoms with Crippen molar-refractivity contribution in [3.8, 4) is 0 Å². The molecule has 1 aliphatic carbocycles. The molecule has 1 amide bonds. The Kier molecular flexibility index (Phi) is 4.66. The van der Waals surface area contributed by atoms with Crippen LogP contribution in [-0.2, 0) is 4.79 Å². The summed E-state index contributed by atoms with van der Waals surface area (Å²) in [5.74, 6) is 0.461. The van der Waals surface area contributed by atoms with Crippen LogP contribution in [0, 0.1) is 5.92 Å². The predicted molar refractivity (Wildman–Crippen MR) is 55.8 cm³/mol. The van der Waals surface area contributed by atoms with Crippen LogP contribution in [0.25, 0.3) is 0 Å². The number of carbonyl (C=O) groups excluding carboxylic acids is 1. The van der Waals surface area contributed by atoms with Crippen molar-refractivity contribution in [1.29, 1.82) is 0 Å². The van der Waals surface area contributed by atoms with Crippen LogP contribution in [0.15, 0.2) is 12.2 Å². The number of carbonyl (C=O) groups is 1. The molecule has 3 nitrogen and oxygen atoms in total. The summed E-state index contributed by atoms with van der Waals surface area (Å²) < 4.78 is 0. The normalized spacial score (nSPS) is 22.3. The lowest BCUT2D eigenvalue weighted by Crippen LogP contribution is -2.32. The highest BCUT2D eigenvalue weighted by molar-refractivity contribution is 5.76. The third-order valence-electron chi connectivity index (χ3n) is 2.57. The largest absolute Gasteiger partial charge is 0.391 e. The van der Waals surface area contributed by atoms with Crippen LogP contribution in [0.5, 0.6) is 0 Å². The molecule has 0 bridgehead atoms. The molecule has 0 aromatic heterocycles. The minimum Gasteiger partial charge on any atom is -0.391 e. The van der Waals surface area contributed by atoms with Crippen molar-refractivity contribution < 1.29 is 9.90 Å². The van der Waals surface area contributed by atoms with Crippen LogP contribution >= 0.6 is 0 Å². The van der Waals surface area contributed by atoms with Crippen LogP contribution in [-0.4, -0.2) is 23.7 Å². The van der Waals surface area contributed by atoms with Crippen LogP contribution in [0.1, 0.15) is 32.6 Å². The average molecular weight is 197 g/mol. The van der Waals surface area contributed by atoms with Gasteiger partial charge in [-0.2, -0.15) is 0 Å². The first-order chi connectivity index (χ1) is 6.72. The van der Waals surface area contributed by atoms with Crippen molar-refractivity contribution in [2.75, 3.05) is 6.54 Å². The Balaban J connectivity index is 2.12. The van der Waals surface area contributed by atoms with Crippen molar-refractivity contribution >= 4 is 5.91 Å². The summed E-state index contributed by atoms with van der Waals surface area (Å²) in [6, 6.07) is 0. The number of rotatable bonds is 5. The maximum absolute atomic E-state index is 11.4. The Morgan fingerprint density at radius 2 is 2.50 bits per heavy atom. The highest BCUT2D eigenvalue weighted by atomic mass is 16.3. The number of hydrogen-bond acceptors (Lipinski definition) is 2. The Morgan fingerprint density at radius 1 is 1.71 bits per heavy atom. The van der Waals surface area contributed by atoms with Gasteiger partial charge in [0.2, 0.25) is 5.91 Å². The van der Waals surface area contributed by atoms with Gasteiger partial charge in [-0.15, -0.1) is 0 Å². The van der Waals surface area contributed by atoms with E-state index in [1.54, 1.807) is 0 Å². The van der Waals surface area contributed by atoms with Crippen LogP contribution in [0.2, 0.25) is 0 Å². The van der Waals surface area contributed by atoms with Crippen molar-refractivity contribution in [3.05, 3.63) is 12.2 Å². The van der Waals surface area contributed by atoms with Gasteiger partial charge >= 0.3 is 0 Å². The molecule has 0 heterocycles. The minimum absolute atomic E-state index is 0.0500. The molecule has 0 spiro atoms. The highest BCUT2D eigenvalue weighted by Crippen LogP contribution is 2.19. The molecule has 2 unspecified atom stereocenters. The number of amides is 1. The number of nitrogens with one attached hydrogen (secondary N) is 1. The fraction of sp³-hybridized carbons (Fsp3) is 0.727. The summed E-state index contributed by atoms with van der Waals surface area (Å²) in [5, 5.41) is 12.0. The topological polar surface area (TPSA) is 49.3 Å². The van der Waals surface area contributed by atoms with Crippen molar-refractivity contribution in [3.63, 3.8) is 0 Å². The zero-order valence-corrected chi connectivity index (χ0v) is 8.70. The van der Waals surface area contributed by atoms with E-state index in [4.69, 9.17) is 0 Å². The van der Waals surface area contributed by atoms with Crippen molar-refractivity contribution in [2.45, 2.75) is 38.7 Å². The molecule has 0 saturated carbocycles. The van der Waals surface area contributed by atoms with Gasteiger partial charge in [0.05, 0.1) is 6.10 Å². The van der Waals surface area contributed by atoms with Crippen LogP contribution in [0.3, 0.4) is 0 Å². The zero-order valence-electron chi connectivity index (χ0n) is 8.70. The average Bonchev–Trinajstić information content (AvgIpc) is 2.66. The first-order valence-corrected chi connectivity index (χ1v) is 5.33. The van der Waals surface area contributed by atoms with E-state index in [-0.39, 0.29) is 5.91 Å². The smallest absolute Gasteiger partial charge is 0.220 e. The first kappa shape index (κ1) is 11.2. The lowest BCUT2D eigenvalue weighted by atomic mass is 10.1. The summed E-state index contributed by atoms with van der Waals surface area (Å²) in [6.07, 6.45) is 7.25. The Bertz CT molecular complexity index is 213. The fourth-order valence-electron chi connectivity index (χ4n) is 1.55. The lowest BCUT2D eigenvalue weighted by Gasteiger charge is -2.11. The van der Waals surface area contributed by atoms with Gasteiger partial charge in [0, 0.05) is 13.0 Å². The molecule has 80 valence electrons. The summed E-state index contributed by atoms with van der Waals surface area (Å²) in [7, 11) is 0. The van der Waals surface area contributed by atoms with E-state index >= 15 is 0 Å². The number of aliphatic hydroxyl groups excluding tert-OH is 1. The second kappa shape index (κ2) is 5.81. The summed E-state index contributed by atoms with van der Waals surface area (Å²) >= 11 is 0. The molecule has 0 aromatic carbocycles. The predicted octanol–water partition coefficient (Wildman–Crippen LogP) is 1.23. The molecular formula is C11H19NO2. The molecule has 0 aliphatic heterocycles. The molecule has 1 rings (SSSR count). The molecule has 2 atom stereocenters. The third kappa shape index (κ3) is 3.92. The SMILES string of the molecule is CCC(O)CNC(=O)CC1C=CCC1. The van der Waals surface area contributed by atoms with E-state index in [0.717, 1.165) is 12.8 Å². The molecule has 14 heavy (non-hydrogen) atoms. The van der Waals surface area contributed by atoms with E-state index in [1.807, 2.05) is 6.92 Å². The Labute approximate surface area is 85.2 Å². The lowest BCUT2D eigenvalue weighted by molar-refractivity contribution is -0.122. The third-order valence-corrected chi connectivity index (χ3v) is 2.57. The van der Waals surface area contributed by atoms with Gasteiger partial charge in [0.25, 0.3) is 0 Å². The molecule has 3 heteroatoms. The Morgan fingerprint density at radius 3 is 3.07 bits per heavy atom. The van der Waals surface area contributed by atoms with Gasteiger partial charge < -0.3 is 10.4 Å².